The molecule has 3 saturated heterocycles. The molecule has 4 fully saturated rings. The summed E-state index contributed by atoms with van der Waals surface area (Å²) in [7, 11) is 4.64. The number of aliphatic hydroxyl groups is 4. The SMILES string of the molecule is CO[C@H]1C[C@@H]2CC[C@@H](C)[C@@](O)(O2)C(=O)C(=O)N2CCCC[C@H]2C(=O)O[C@H]([C@H](C)C[C@@H]2CC[C@@H](O)[C@H](OC)C2)C[C@@H](O)[C@H](C)/C=C(\C)[C@@H](O)[C@@H](OC)C(=NOCC(=O)CCCOCCOCCN2CCN(CCOCCOCCOCCOCCC(=O)N3CCc4cc(Cn5nc(-c6ccc7oc(N)nc7c6)c6c(N)nncc65)ccc4C3)CC2)[C@H](C)C[C@H](C)/C=C/C=C/C=C/1C. The van der Waals surface area contributed by atoms with Crippen molar-refractivity contribution < 1.29 is 106 Å². The van der Waals surface area contributed by atoms with E-state index in [0.717, 1.165) is 73.5 Å². The monoisotopic (exact) mass is 1830 g/mol. The van der Waals surface area contributed by atoms with Crippen LogP contribution in [-0.4, -0.2) is 320 Å². The van der Waals surface area contributed by atoms with Gasteiger partial charge in [0.2, 0.25) is 11.7 Å². The average molecular weight is 1830 g/mol. The molecule has 1 saturated carbocycles. The second-order valence-corrected chi connectivity index (χ2v) is 36.3. The van der Waals surface area contributed by atoms with Crippen LogP contribution in [0.4, 0.5) is 11.8 Å². The molecule has 34 nitrogen and oxygen atoms in total. The first-order chi connectivity index (χ1) is 63.2. The van der Waals surface area contributed by atoms with Crippen LogP contribution in [0.1, 0.15) is 161 Å². The van der Waals surface area contributed by atoms with E-state index in [1.54, 1.807) is 40.3 Å². The number of aromatic nitrogens is 5. The van der Waals surface area contributed by atoms with Crippen molar-refractivity contribution in [3.63, 3.8) is 0 Å². The van der Waals surface area contributed by atoms with E-state index in [1.165, 1.54) is 17.6 Å². The fourth-order valence-corrected chi connectivity index (χ4v) is 18.6. The van der Waals surface area contributed by atoms with E-state index >= 15 is 0 Å². The van der Waals surface area contributed by atoms with Gasteiger partial charge in [-0.25, -0.2) is 4.79 Å². The number of amides is 2. The van der Waals surface area contributed by atoms with Gasteiger partial charge in [0.1, 0.15) is 35.6 Å². The first-order valence-electron chi connectivity index (χ1n) is 47.2. The van der Waals surface area contributed by atoms with E-state index in [2.05, 4.69) is 61.3 Å². The third kappa shape index (κ3) is 29.8. The molecule has 16 atom stereocenters. The number of esters is 1. The Morgan fingerprint density at radius 1 is 0.710 bits per heavy atom. The van der Waals surface area contributed by atoms with Crippen LogP contribution in [-0.2, 0) is 100 Å². The van der Waals surface area contributed by atoms with Crippen molar-refractivity contribution in [3.05, 3.63) is 107 Å². The molecule has 724 valence electrons. The number of carbonyl (C=O) groups is 5. The zero-order valence-electron chi connectivity index (χ0n) is 78.5. The van der Waals surface area contributed by atoms with Crippen LogP contribution < -0.4 is 11.5 Å². The van der Waals surface area contributed by atoms with E-state index in [9.17, 15) is 44.4 Å². The van der Waals surface area contributed by atoms with Crippen molar-refractivity contribution in [3.8, 4) is 11.3 Å². The molecule has 8 N–H and O–H groups in total. The quantitative estimate of drug-likeness (QED) is 0.00709. The lowest BCUT2D eigenvalue weighted by Gasteiger charge is -2.43. The third-order valence-corrected chi connectivity index (χ3v) is 26.6. The lowest BCUT2D eigenvalue weighted by atomic mass is 9.78. The van der Waals surface area contributed by atoms with Crippen molar-refractivity contribution in [2.24, 2.45) is 40.7 Å². The van der Waals surface area contributed by atoms with Gasteiger partial charge in [0, 0.05) is 129 Å². The number of fused-ring (bicyclic) bond motifs is 6. The number of hydrogen-bond acceptors (Lipinski definition) is 31. The highest BCUT2D eigenvalue weighted by molar-refractivity contribution is 6.39. The Kier molecular flexibility index (Phi) is 40.8. The van der Waals surface area contributed by atoms with Gasteiger partial charge in [-0.2, -0.15) is 15.2 Å². The minimum absolute atomic E-state index is 0.0151. The number of carbonyl (C=O) groups excluding carboxylic acids is 5. The molecule has 2 amide bonds. The molecule has 5 aromatic rings. The number of Topliss-reactive ketones (excluding diaryl/α,β-unsaturated/α-hetero) is 2. The Labute approximate surface area is 770 Å². The maximum atomic E-state index is 14.7. The molecule has 0 radical (unpaired) electrons. The van der Waals surface area contributed by atoms with E-state index in [-0.39, 0.29) is 92.1 Å². The predicted octanol–water partition coefficient (Wildman–Crippen LogP) is 8.98. The first-order valence-corrected chi connectivity index (χ1v) is 47.2. The topological polar surface area (TPSA) is 424 Å². The Morgan fingerprint density at radius 3 is 2.11 bits per heavy atom. The number of oxazole rings is 1. The van der Waals surface area contributed by atoms with Crippen molar-refractivity contribution in [1.82, 2.24) is 44.6 Å². The van der Waals surface area contributed by atoms with Gasteiger partial charge < -0.3 is 103 Å². The number of rotatable bonds is 37. The van der Waals surface area contributed by atoms with E-state index in [1.807, 2.05) is 79.8 Å². The van der Waals surface area contributed by atoms with Crippen molar-refractivity contribution in [2.45, 2.75) is 225 Å². The molecule has 2 aromatic carbocycles. The highest BCUT2D eigenvalue weighted by Crippen LogP contribution is 2.40. The number of hydrogen-bond donors (Lipinski definition) is 6. The number of piperidine rings is 1. The summed E-state index contributed by atoms with van der Waals surface area (Å²) in [6, 6.07) is 10.9. The highest BCUT2D eigenvalue weighted by atomic mass is 16.6. The number of oxime groups is 1. The maximum absolute atomic E-state index is 14.7. The second-order valence-electron chi connectivity index (χ2n) is 36.3. The fourth-order valence-electron chi connectivity index (χ4n) is 18.6. The number of piperazine rings is 1. The Hall–Kier alpha value is -8.40. The summed E-state index contributed by atoms with van der Waals surface area (Å²) in [6.07, 6.45) is 13.9. The summed E-state index contributed by atoms with van der Waals surface area (Å²) in [5.74, 6) is -7.11. The largest absolute Gasteiger partial charge is 0.460 e. The number of aliphatic hydroxyl groups excluding tert-OH is 3. The molecule has 6 aliphatic rings. The number of nitrogens with zero attached hydrogens (tertiary/aromatic N) is 10. The molecule has 2 bridgehead atoms. The standard InChI is InChI=1S/C97H144N12O22/c1-63-17-12-11-13-18-64(2)83(119-8)57-76-26-21-69(7)97(118,131-76)92(115)94(116)108-31-15-14-20-78(108)95(117)129-84(66(4)53-70-23-27-80(111)85(55-70)120-9)58-81(112)65(3)52-68(6)90(114)91(121-10)88(67(5)51-63)104-128-62-75(110)19-16-39-122-43-45-124-41-37-105-33-35-106(36-34-105)38-42-125-46-48-127-50-49-126-47-44-123-40-30-86(113)107-32-29-72-54-71(22-24-74(72)61-107)60-109-79-59-100-102-93(98)87(79)89(103-109)73-25-28-82-77(56-73)101-96(99)130-82/h11-13,17-18,22,24-25,28,52,54,56,59,63,65-67,69-70,76,78,80-81,83-85,90-91,111-112,114,118H,14-16,19-21,23,26-27,29-51,53,55,57-58,60-62H2,1-10H3,(H2,98,102)(H2,99,101)/b13-11+,17-12+,64-18+,68-52+,104-88?/t63-,65-,66-,67-,69-,70+,76+,78+,80-,81-,83+,84+,85-,90-,91+,97-/m1/s1. The Balaban J connectivity index is 0.550. The molecule has 0 spiro atoms. The molecule has 131 heavy (non-hydrogen) atoms. The number of ketones is 2. The molecule has 8 heterocycles. The van der Waals surface area contributed by atoms with E-state index in [0.29, 0.717) is 203 Å². The minimum Gasteiger partial charge on any atom is -0.460 e. The van der Waals surface area contributed by atoms with Gasteiger partial charge in [0.05, 0.1) is 139 Å². The lowest BCUT2D eigenvalue weighted by Crippen LogP contribution is -2.61. The molecule has 1 aliphatic carbocycles. The lowest BCUT2D eigenvalue weighted by molar-refractivity contribution is -0.265. The summed E-state index contributed by atoms with van der Waals surface area (Å²) >= 11 is 0. The molecule has 5 aliphatic heterocycles. The van der Waals surface area contributed by atoms with Gasteiger partial charge >= 0.3 is 5.97 Å². The van der Waals surface area contributed by atoms with E-state index < -0.39 is 84.1 Å². The maximum Gasteiger partial charge on any atom is 0.329 e. The number of allylic oxidation sites excluding steroid dienone is 5. The summed E-state index contributed by atoms with van der Waals surface area (Å²) in [4.78, 5) is 88.3. The van der Waals surface area contributed by atoms with Gasteiger partial charge in [-0.05, 0) is 155 Å². The summed E-state index contributed by atoms with van der Waals surface area (Å²) in [5.41, 5.74) is 20.7. The number of anilines is 2. The first kappa shape index (κ1) is 103. The number of nitrogens with two attached hydrogens (primary N) is 2. The fraction of sp³-hybridized carbons (Fsp3) is 0.670. The number of ether oxygens (including phenoxy) is 11. The minimum atomic E-state index is -2.46. The van der Waals surface area contributed by atoms with Crippen LogP contribution in [0.5, 0.6) is 0 Å². The molecular weight excluding hydrogens is 1690 g/mol. The van der Waals surface area contributed by atoms with Gasteiger partial charge in [-0.1, -0.05) is 94.4 Å². The van der Waals surface area contributed by atoms with Crippen LogP contribution in [0.25, 0.3) is 33.3 Å². The summed E-state index contributed by atoms with van der Waals surface area (Å²) in [6.45, 7) is 25.3. The molecule has 11 rings (SSSR count). The smallest absolute Gasteiger partial charge is 0.329 e. The summed E-state index contributed by atoms with van der Waals surface area (Å²) < 4.78 is 72.6. The normalized spacial score (nSPS) is 28.4. The third-order valence-electron chi connectivity index (χ3n) is 26.6. The van der Waals surface area contributed by atoms with Crippen LogP contribution in [0.15, 0.2) is 99.8 Å². The van der Waals surface area contributed by atoms with Gasteiger partial charge in [0.15, 0.2) is 23.8 Å². The van der Waals surface area contributed by atoms with Crippen LogP contribution in [0, 0.1) is 35.5 Å². The Bertz CT molecular complexity index is 4630. The zero-order valence-corrected chi connectivity index (χ0v) is 78.5. The van der Waals surface area contributed by atoms with Crippen LogP contribution in [0.3, 0.4) is 0 Å². The van der Waals surface area contributed by atoms with Crippen LogP contribution >= 0.6 is 0 Å². The van der Waals surface area contributed by atoms with Gasteiger partial charge in [-0.15, -0.1) is 5.10 Å². The predicted molar refractivity (Wildman–Crippen MR) is 493 cm³/mol. The van der Waals surface area contributed by atoms with Crippen molar-refractivity contribution >= 4 is 68.9 Å². The molecule has 34 heteroatoms. The average Bonchev–Trinajstić information content (AvgIpc) is 1.61. The number of cyclic esters (lactones) is 1. The van der Waals surface area contributed by atoms with Crippen LogP contribution in [0.2, 0.25) is 0 Å². The van der Waals surface area contributed by atoms with Gasteiger partial charge in [-0.3, -0.25) is 33.7 Å². The van der Waals surface area contributed by atoms with Crippen molar-refractivity contribution in [2.75, 3.05) is 171 Å². The molecular formula is C97H144N12O22. The number of benzene rings is 2. The summed E-state index contributed by atoms with van der Waals surface area (Å²) in [5, 5.41) is 65.8. The number of nitrogen functional groups attached to an aromatic ring is 2. The zero-order chi connectivity index (χ0) is 93.5. The Morgan fingerprint density at radius 2 is 1.41 bits per heavy atom. The molecule has 3 aromatic heterocycles. The highest BCUT2D eigenvalue weighted by Gasteiger charge is 2.53. The molecule has 0 unspecified atom stereocenters. The number of methoxy groups -OCH3 is 3. The van der Waals surface area contributed by atoms with E-state index in [4.69, 9.17) is 77.9 Å². The van der Waals surface area contributed by atoms with Gasteiger partial charge in [0.25, 0.3) is 17.7 Å². The van der Waals surface area contributed by atoms with Crippen molar-refractivity contribution in [1.29, 1.82) is 0 Å². The second kappa shape index (κ2) is 51.9.